The van der Waals surface area contributed by atoms with Crippen molar-refractivity contribution in [2.24, 2.45) is 0 Å². The van der Waals surface area contributed by atoms with Gasteiger partial charge in [0.25, 0.3) is 0 Å². The van der Waals surface area contributed by atoms with Crippen molar-refractivity contribution in [2.75, 3.05) is 29.9 Å². The van der Waals surface area contributed by atoms with Crippen LogP contribution < -0.4 is 15.1 Å². The Hall–Kier alpha value is -4.24. The number of fused-ring (bicyclic) bond motifs is 1. The zero-order valence-corrected chi connectivity index (χ0v) is 23.2. The van der Waals surface area contributed by atoms with Gasteiger partial charge in [0.15, 0.2) is 16.6 Å². The molecule has 3 aromatic heterocycles. The predicted molar refractivity (Wildman–Crippen MR) is 148 cm³/mol. The SMILES string of the molecule is CCc1nc2ccc(N3CC(NC(=O)OC(C)(C)C)C3)nn2c1N(C)c1nc(-c2ccc(F)cc2)c(C#N)s1. The fraction of sp³-hybridized carbons (Fsp3) is 0.370. The minimum Gasteiger partial charge on any atom is -0.444 e. The van der Waals surface area contributed by atoms with E-state index in [1.165, 1.54) is 23.5 Å². The van der Waals surface area contributed by atoms with E-state index in [2.05, 4.69) is 16.3 Å². The highest BCUT2D eigenvalue weighted by Crippen LogP contribution is 2.37. The van der Waals surface area contributed by atoms with Crippen molar-refractivity contribution in [1.82, 2.24) is 24.9 Å². The van der Waals surface area contributed by atoms with Crippen molar-refractivity contribution >= 4 is 39.8 Å². The van der Waals surface area contributed by atoms with Gasteiger partial charge in [-0.2, -0.15) is 9.78 Å². The number of aryl methyl sites for hydroxylation is 1. The number of amides is 1. The van der Waals surface area contributed by atoms with Crippen LogP contribution in [0.25, 0.3) is 16.9 Å². The molecule has 39 heavy (non-hydrogen) atoms. The number of nitrogens with zero attached hydrogens (tertiary/aromatic N) is 7. The first-order valence-corrected chi connectivity index (χ1v) is 13.4. The minimum atomic E-state index is -0.549. The number of halogens is 1. The minimum absolute atomic E-state index is 0.0296. The number of carbonyl (C=O) groups is 1. The normalized spacial score (nSPS) is 13.7. The van der Waals surface area contributed by atoms with Crippen molar-refractivity contribution in [3.63, 3.8) is 0 Å². The van der Waals surface area contributed by atoms with E-state index in [0.29, 0.717) is 46.4 Å². The quantitative estimate of drug-likeness (QED) is 0.362. The van der Waals surface area contributed by atoms with E-state index in [4.69, 9.17) is 19.8 Å². The van der Waals surface area contributed by atoms with E-state index < -0.39 is 11.7 Å². The standard InChI is InChI=1S/C27H29FN8O2S/c1-6-19-24(34(5)25-32-23(20(13-29)39-25)16-7-9-17(28)10-8-16)36-21(31-19)11-12-22(33-36)35-14-18(15-35)30-26(37)38-27(2,3)4/h7-12,18H,6,14-15H2,1-5H3,(H,30,37). The van der Waals surface area contributed by atoms with Crippen molar-refractivity contribution in [3.05, 3.63) is 52.8 Å². The average molecular weight is 549 g/mol. The third-order valence-corrected chi connectivity index (χ3v) is 7.25. The number of nitriles is 1. The van der Waals surface area contributed by atoms with Crippen LogP contribution in [-0.2, 0) is 11.2 Å². The lowest BCUT2D eigenvalue weighted by molar-refractivity contribution is 0.0496. The fourth-order valence-electron chi connectivity index (χ4n) is 4.35. The molecule has 1 aliphatic heterocycles. The van der Waals surface area contributed by atoms with Crippen molar-refractivity contribution in [3.8, 4) is 17.3 Å². The maximum absolute atomic E-state index is 13.5. The zero-order valence-electron chi connectivity index (χ0n) is 22.4. The summed E-state index contributed by atoms with van der Waals surface area (Å²) < 4.78 is 20.6. The summed E-state index contributed by atoms with van der Waals surface area (Å²) in [5, 5.41) is 18.1. The van der Waals surface area contributed by atoms with E-state index in [0.717, 1.165) is 17.3 Å². The van der Waals surface area contributed by atoms with Gasteiger partial charge in [-0.15, -0.1) is 5.10 Å². The molecule has 1 N–H and O–H groups in total. The van der Waals surface area contributed by atoms with Gasteiger partial charge in [-0.25, -0.2) is 19.2 Å². The molecule has 0 aliphatic carbocycles. The number of carbonyl (C=O) groups excluding carboxylic acids is 1. The Morgan fingerprint density at radius 1 is 1.23 bits per heavy atom. The number of imidazole rings is 1. The summed E-state index contributed by atoms with van der Waals surface area (Å²) in [4.78, 5) is 26.0. The first-order chi connectivity index (χ1) is 18.6. The molecule has 0 spiro atoms. The van der Waals surface area contributed by atoms with Crippen molar-refractivity contribution in [2.45, 2.75) is 45.8 Å². The van der Waals surface area contributed by atoms with Crippen molar-refractivity contribution < 1.29 is 13.9 Å². The van der Waals surface area contributed by atoms with Crippen LogP contribution >= 0.6 is 11.3 Å². The molecule has 4 heterocycles. The summed E-state index contributed by atoms with van der Waals surface area (Å²) >= 11 is 1.26. The first kappa shape index (κ1) is 26.4. The van der Waals surface area contributed by atoms with E-state index in [1.54, 1.807) is 16.6 Å². The fourth-order valence-corrected chi connectivity index (χ4v) is 5.20. The summed E-state index contributed by atoms with van der Waals surface area (Å²) in [6, 6.07) is 12.0. The van der Waals surface area contributed by atoms with Crippen molar-refractivity contribution in [1.29, 1.82) is 5.26 Å². The van der Waals surface area contributed by atoms with Gasteiger partial charge in [0, 0.05) is 25.7 Å². The molecular formula is C27H29FN8O2S. The molecule has 202 valence electrons. The number of hydrogen-bond acceptors (Lipinski definition) is 9. The summed E-state index contributed by atoms with van der Waals surface area (Å²) in [6.07, 6.45) is 0.243. The average Bonchev–Trinajstić information content (AvgIpc) is 3.46. The topological polar surface area (TPSA) is 112 Å². The zero-order chi connectivity index (χ0) is 27.9. The number of thiazole rings is 1. The molecular weight excluding hydrogens is 519 g/mol. The second-order valence-electron chi connectivity index (χ2n) is 10.3. The number of aromatic nitrogens is 4. The van der Waals surface area contributed by atoms with Gasteiger partial charge in [-0.1, -0.05) is 18.3 Å². The molecule has 1 aromatic carbocycles. The Morgan fingerprint density at radius 2 is 1.95 bits per heavy atom. The number of ether oxygens (including phenoxy) is 1. The molecule has 0 bridgehead atoms. The van der Waals surface area contributed by atoms with Gasteiger partial charge in [-0.3, -0.25) is 0 Å². The van der Waals surface area contributed by atoms with Crippen LogP contribution in [0, 0.1) is 17.1 Å². The molecule has 0 unspecified atom stereocenters. The molecule has 1 saturated heterocycles. The highest BCUT2D eigenvalue weighted by atomic mass is 32.1. The van der Waals surface area contributed by atoms with E-state index >= 15 is 0 Å². The molecule has 1 fully saturated rings. The molecule has 0 atom stereocenters. The third-order valence-electron chi connectivity index (χ3n) is 6.21. The lowest BCUT2D eigenvalue weighted by Gasteiger charge is -2.40. The lowest BCUT2D eigenvalue weighted by atomic mass is 10.1. The number of anilines is 3. The molecule has 5 rings (SSSR count). The first-order valence-electron chi connectivity index (χ1n) is 12.6. The highest BCUT2D eigenvalue weighted by molar-refractivity contribution is 7.16. The summed E-state index contributed by atoms with van der Waals surface area (Å²) in [5.74, 6) is 1.16. The molecule has 10 nitrogen and oxygen atoms in total. The van der Waals surface area contributed by atoms with Crippen LogP contribution in [0.5, 0.6) is 0 Å². The number of alkyl carbamates (subject to hydrolysis) is 1. The van der Waals surface area contributed by atoms with E-state index in [1.807, 2.05) is 51.8 Å². The maximum atomic E-state index is 13.5. The Balaban J connectivity index is 1.41. The van der Waals surface area contributed by atoms with E-state index in [-0.39, 0.29) is 11.9 Å². The van der Waals surface area contributed by atoms with Gasteiger partial charge < -0.3 is 19.9 Å². The Labute approximate surface area is 229 Å². The molecule has 0 saturated carbocycles. The molecule has 0 radical (unpaired) electrons. The summed E-state index contributed by atoms with van der Waals surface area (Å²) in [5.41, 5.74) is 2.16. The Kier molecular flexibility index (Phi) is 6.86. The Bertz CT molecular complexity index is 1560. The molecule has 1 amide bonds. The van der Waals surface area contributed by atoms with Gasteiger partial charge >= 0.3 is 6.09 Å². The van der Waals surface area contributed by atoms with Gasteiger partial charge in [0.1, 0.15) is 33.9 Å². The highest BCUT2D eigenvalue weighted by Gasteiger charge is 2.31. The summed E-state index contributed by atoms with van der Waals surface area (Å²) in [6.45, 7) is 8.74. The van der Waals surface area contributed by atoms with E-state index in [9.17, 15) is 14.4 Å². The summed E-state index contributed by atoms with van der Waals surface area (Å²) in [7, 11) is 1.87. The second kappa shape index (κ2) is 10.1. The van der Waals surface area contributed by atoms with Crippen LogP contribution in [0.2, 0.25) is 0 Å². The third kappa shape index (κ3) is 5.35. The van der Waals surface area contributed by atoms with Crippen LogP contribution in [0.15, 0.2) is 36.4 Å². The number of benzene rings is 1. The largest absolute Gasteiger partial charge is 0.444 e. The maximum Gasteiger partial charge on any atom is 0.407 e. The van der Waals surface area contributed by atoms with Crippen LogP contribution in [-0.4, -0.2) is 57.5 Å². The Morgan fingerprint density at radius 3 is 2.59 bits per heavy atom. The molecule has 4 aromatic rings. The smallest absolute Gasteiger partial charge is 0.407 e. The van der Waals surface area contributed by atoms with Crippen LogP contribution in [0.4, 0.5) is 26.0 Å². The second-order valence-corrected chi connectivity index (χ2v) is 11.3. The van der Waals surface area contributed by atoms with Gasteiger partial charge in [0.05, 0.1) is 11.7 Å². The molecule has 1 aliphatic rings. The number of nitrogens with one attached hydrogen (secondary N) is 1. The monoisotopic (exact) mass is 548 g/mol. The molecule has 12 heteroatoms. The van der Waals surface area contributed by atoms with Crippen LogP contribution in [0.3, 0.4) is 0 Å². The predicted octanol–water partition coefficient (Wildman–Crippen LogP) is 4.91. The van der Waals surface area contributed by atoms with Crippen LogP contribution in [0.1, 0.15) is 38.3 Å². The van der Waals surface area contributed by atoms with Gasteiger partial charge in [-0.05, 0) is 63.6 Å². The number of hydrogen-bond donors (Lipinski definition) is 1. The van der Waals surface area contributed by atoms with Gasteiger partial charge in [0.2, 0.25) is 0 Å². The lowest BCUT2D eigenvalue weighted by Crippen LogP contribution is -2.60. The number of rotatable bonds is 6.